The van der Waals surface area contributed by atoms with E-state index in [9.17, 15) is 5.26 Å². The van der Waals surface area contributed by atoms with Gasteiger partial charge >= 0.3 is 0 Å². The van der Waals surface area contributed by atoms with Crippen LogP contribution in [0.4, 0.5) is 0 Å². The zero-order valence-electron chi connectivity index (χ0n) is 10.8. The van der Waals surface area contributed by atoms with Gasteiger partial charge in [0.1, 0.15) is 5.41 Å². The van der Waals surface area contributed by atoms with Gasteiger partial charge in [0, 0.05) is 12.5 Å². The third-order valence-electron chi connectivity index (χ3n) is 3.90. The molecule has 0 bridgehead atoms. The standard InChI is InChI=1S/C13H17N3OS/c1-9-11(13(6-14)7-17-8-13)18-12(15-9)10-3-4-16(2)5-10/h10H,3-5,7-8H2,1-2H3. The summed E-state index contributed by atoms with van der Waals surface area (Å²) in [7, 11) is 2.15. The van der Waals surface area contributed by atoms with Crippen LogP contribution in [-0.4, -0.2) is 43.2 Å². The van der Waals surface area contributed by atoms with Gasteiger partial charge in [-0.15, -0.1) is 11.3 Å². The molecule has 0 N–H and O–H groups in total. The molecule has 0 saturated carbocycles. The van der Waals surface area contributed by atoms with Crippen molar-refractivity contribution in [3.63, 3.8) is 0 Å². The first-order valence-corrected chi connectivity index (χ1v) is 7.11. The highest BCUT2D eigenvalue weighted by Crippen LogP contribution is 2.40. The number of nitriles is 1. The van der Waals surface area contributed by atoms with Crippen LogP contribution < -0.4 is 0 Å². The highest BCUT2D eigenvalue weighted by molar-refractivity contribution is 7.12. The van der Waals surface area contributed by atoms with Gasteiger partial charge in [-0.2, -0.15) is 5.26 Å². The van der Waals surface area contributed by atoms with E-state index < -0.39 is 5.41 Å². The largest absolute Gasteiger partial charge is 0.377 e. The van der Waals surface area contributed by atoms with E-state index in [2.05, 4.69) is 18.0 Å². The van der Waals surface area contributed by atoms with Gasteiger partial charge in [0.25, 0.3) is 0 Å². The van der Waals surface area contributed by atoms with Gasteiger partial charge in [0.05, 0.1) is 34.9 Å². The van der Waals surface area contributed by atoms with Gasteiger partial charge in [-0.3, -0.25) is 0 Å². The minimum Gasteiger partial charge on any atom is -0.377 e. The van der Waals surface area contributed by atoms with E-state index in [1.807, 2.05) is 6.92 Å². The minimum atomic E-state index is -0.412. The molecule has 2 aliphatic heterocycles. The molecule has 2 saturated heterocycles. The molecule has 1 aromatic rings. The van der Waals surface area contributed by atoms with Gasteiger partial charge in [-0.1, -0.05) is 0 Å². The quantitative estimate of drug-likeness (QED) is 0.814. The minimum absolute atomic E-state index is 0.412. The van der Waals surface area contributed by atoms with Crippen molar-refractivity contribution in [2.45, 2.75) is 24.7 Å². The van der Waals surface area contributed by atoms with Crippen LogP contribution in [0.25, 0.3) is 0 Å². The smallest absolute Gasteiger partial charge is 0.140 e. The van der Waals surface area contributed by atoms with Crippen LogP contribution >= 0.6 is 11.3 Å². The van der Waals surface area contributed by atoms with Gasteiger partial charge < -0.3 is 9.64 Å². The van der Waals surface area contributed by atoms with Crippen molar-refractivity contribution in [3.8, 4) is 6.07 Å². The Morgan fingerprint density at radius 3 is 2.83 bits per heavy atom. The number of likely N-dealkylation sites (N-methyl/N-ethyl adjacent to an activating group) is 1. The summed E-state index contributed by atoms with van der Waals surface area (Å²) in [5.74, 6) is 0.546. The van der Waals surface area contributed by atoms with Crippen LogP contribution in [0, 0.1) is 18.3 Å². The fourth-order valence-corrected chi connectivity index (χ4v) is 4.03. The first kappa shape index (κ1) is 12.1. The second kappa shape index (κ2) is 4.30. The van der Waals surface area contributed by atoms with Crippen molar-refractivity contribution in [2.24, 2.45) is 0 Å². The molecule has 96 valence electrons. The fraction of sp³-hybridized carbons (Fsp3) is 0.692. The Morgan fingerprint density at radius 1 is 1.56 bits per heavy atom. The molecule has 0 radical (unpaired) electrons. The Kier molecular flexibility index (Phi) is 2.89. The second-order valence-corrected chi connectivity index (χ2v) is 6.43. The third kappa shape index (κ3) is 1.76. The van der Waals surface area contributed by atoms with Crippen molar-refractivity contribution < 1.29 is 4.74 Å². The highest BCUT2D eigenvalue weighted by Gasteiger charge is 2.44. The van der Waals surface area contributed by atoms with Crippen LogP contribution in [0.1, 0.15) is 27.9 Å². The summed E-state index contributed by atoms with van der Waals surface area (Å²) in [6.45, 7) is 5.30. The highest BCUT2D eigenvalue weighted by atomic mass is 32.1. The van der Waals surface area contributed by atoms with E-state index in [-0.39, 0.29) is 0 Å². The number of hydrogen-bond acceptors (Lipinski definition) is 5. The number of thiazole rings is 1. The molecule has 2 aliphatic rings. The Hall–Kier alpha value is -0.960. The lowest BCUT2D eigenvalue weighted by atomic mass is 9.85. The van der Waals surface area contributed by atoms with Gasteiger partial charge in [0.2, 0.25) is 0 Å². The lowest BCUT2D eigenvalue weighted by Crippen LogP contribution is -2.45. The van der Waals surface area contributed by atoms with Crippen molar-refractivity contribution in [2.75, 3.05) is 33.4 Å². The van der Waals surface area contributed by atoms with Crippen LogP contribution in [0.2, 0.25) is 0 Å². The summed E-state index contributed by atoms with van der Waals surface area (Å²) in [6.07, 6.45) is 1.18. The molecule has 18 heavy (non-hydrogen) atoms. The second-order valence-electron chi connectivity index (χ2n) is 5.40. The number of aromatic nitrogens is 1. The zero-order valence-corrected chi connectivity index (χ0v) is 11.6. The third-order valence-corrected chi connectivity index (χ3v) is 5.42. The monoisotopic (exact) mass is 263 g/mol. The van der Waals surface area contributed by atoms with E-state index in [0.717, 1.165) is 23.7 Å². The zero-order chi connectivity index (χ0) is 12.8. The predicted molar refractivity (Wildman–Crippen MR) is 69.8 cm³/mol. The maximum Gasteiger partial charge on any atom is 0.140 e. The maximum atomic E-state index is 9.37. The van der Waals surface area contributed by atoms with E-state index in [1.165, 1.54) is 11.4 Å². The molecule has 5 heteroatoms. The first-order chi connectivity index (χ1) is 8.64. The van der Waals surface area contributed by atoms with Gasteiger partial charge in [0.15, 0.2) is 0 Å². The molecule has 3 heterocycles. The number of aryl methyl sites for hydroxylation is 1. The normalized spacial score (nSPS) is 26.8. The van der Waals surface area contributed by atoms with E-state index in [1.54, 1.807) is 11.3 Å². The molecule has 0 amide bonds. The Labute approximate surface area is 111 Å². The van der Waals surface area contributed by atoms with E-state index >= 15 is 0 Å². The van der Waals surface area contributed by atoms with Crippen LogP contribution in [0.5, 0.6) is 0 Å². The van der Waals surface area contributed by atoms with E-state index in [4.69, 9.17) is 9.72 Å². The summed E-state index contributed by atoms with van der Waals surface area (Å²) in [6, 6.07) is 2.42. The number of rotatable bonds is 2. The first-order valence-electron chi connectivity index (χ1n) is 6.30. The molecule has 4 nitrogen and oxygen atoms in total. The molecule has 2 fully saturated rings. The average molecular weight is 263 g/mol. The summed E-state index contributed by atoms with van der Waals surface area (Å²) in [5.41, 5.74) is 0.610. The van der Waals surface area contributed by atoms with Crippen LogP contribution in [-0.2, 0) is 10.2 Å². The summed E-state index contributed by atoms with van der Waals surface area (Å²) in [5, 5.41) is 10.6. The molecule has 1 atom stereocenters. The Bertz CT molecular complexity index is 501. The van der Waals surface area contributed by atoms with Crippen molar-refractivity contribution in [3.05, 3.63) is 15.6 Å². The molecular weight excluding hydrogens is 246 g/mol. The number of nitrogens with zero attached hydrogens (tertiary/aromatic N) is 3. The number of ether oxygens (including phenoxy) is 1. The van der Waals surface area contributed by atoms with Crippen LogP contribution in [0.15, 0.2) is 0 Å². The number of likely N-dealkylation sites (tertiary alicyclic amines) is 1. The Balaban J connectivity index is 1.89. The predicted octanol–water partition coefficient (Wildman–Crippen LogP) is 1.66. The maximum absolute atomic E-state index is 9.37. The van der Waals surface area contributed by atoms with Crippen LogP contribution in [0.3, 0.4) is 0 Å². The topological polar surface area (TPSA) is 49.2 Å². The number of hydrogen-bond donors (Lipinski definition) is 0. The molecule has 0 aliphatic carbocycles. The summed E-state index contributed by atoms with van der Waals surface area (Å²) >= 11 is 1.73. The molecule has 1 aromatic heterocycles. The van der Waals surface area contributed by atoms with Crippen molar-refractivity contribution in [1.82, 2.24) is 9.88 Å². The summed E-state index contributed by atoms with van der Waals surface area (Å²) < 4.78 is 5.24. The molecule has 3 rings (SSSR count). The lowest BCUT2D eigenvalue weighted by Gasteiger charge is -2.34. The van der Waals surface area contributed by atoms with E-state index in [0.29, 0.717) is 19.1 Å². The molecular formula is C13H17N3OS. The van der Waals surface area contributed by atoms with Gasteiger partial charge in [-0.05, 0) is 26.9 Å². The lowest BCUT2D eigenvalue weighted by molar-refractivity contribution is -0.0284. The fourth-order valence-electron chi connectivity index (χ4n) is 2.73. The average Bonchev–Trinajstić information content (AvgIpc) is 2.86. The SMILES string of the molecule is Cc1nc(C2CCN(C)C2)sc1C1(C#N)COC1. The molecule has 1 unspecified atom stereocenters. The van der Waals surface area contributed by atoms with Gasteiger partial charge in [-0.25, -0.2) is 4.98 Å². The van der Waals surface area contributed by atoms with Crippen molar-refractivity contribution >= 4 is 11.3 Å². The molecule has 0 spiro atoms. The Morgan fingerprint density at radius 2 is 2.33 bits per heavy atom. The van der Waals surface area contributed by atoms with Crippen molar-refractivity contribution in [1.29, 1.82) is 5.26 Å². The summed E-state index contributed by atoms with van der Waals surface area (Å²) in [4.78, 5) is 8.17. The molecule has 0 aromatic carbocycles.